The van der Waals surface area contributed by atoms with Crippen LogP contribution in [0.2, 0.25) is 0 Å². The molecule has 4 aromatic rings. The summed E-state index contributed by atoms with van der Waals surface area (Å²) in [6.07, 6.45) is 0. The van der Waals surface area contributed by atoms with Crippen molar-refractivity contribution < 1.29 is 4.79 Å². The van der Waals surface area contributed by atoms with Gasteiger partial charge in [0.25, 0.3) is 0 Å². The van der Waals surface area contributed by atoms with Crippen molar-refractivity contribution in [1.29, 1.82) is 0 Å². The van der Waals surface area contributed by atoms with Crippen molar-refractivity contribution in [2.75, 3.05) is 16.9 Å². The zero-order valence-corrected chi connectivity index (χ0v) is 16.4. The Morgan fingerprint density at radius 3 is 2.61 bits per heavy atom. The Labute approximate surface area is 170 Å². The molecule has 2 heterocycles. The van der Waals surface area contributed by atoms with Gasteiger partial charge in [-0.25, -0.2) is 4.68 Å². The lowest BCUT2D eigenvalue weighted by atomic mass is 10.0. The Balaban J connectivity index is 1.44. The first kappa shape index (κ1) is 18.3. The first-order valence-electron chi connectivity index (χ1n) is 8.54. The van der Waals surface area contributed by atoms with E-state index in [1.54, 1.807) is 0 Å². The van der Waals surface area contributed by atoms with Crippen molar-refractivity contribution in [1.82, 2.24) is 14.9 Å². The van der Waals surface area contributed by atoms with Gasteiger partial charge in [0.2, 0.25) is 11.1 Å². The van der Waals surface area contributed by atoms with Gasteiger partial charge in [-0.15, -0.1) is 21.5 Å². The minimum atomic E-state index is -0.131. The highest BCUT2D eigenvalue weighted by molar-refractivity contribution is 7.99. The second-order valence-corrected chi connectivity index (χ2v) is 7.79. The van der Waals surface area contributed by atoms with Gasteiger partial charge in [-0.3, -0.25) is 4.79 Å². The molecule has 0 saturated carbocycles. The molecular weight excluding hydrogens is 390 g/mol. The van der Waals surface area contributed by atoms with Crippen LogP contribution in [0.4, 0.5) is 5.69 Å². The van der Waals surface area contributed by atoms with Gasteiger partial charge >= 0.3 is 0 Å². The summed E-state index contributed by atoms with van der Waals surface area (Å²) in [7, 11) is 0. The number of hydrogen-bond acceptors (Lipinski definition) is 6. The fourth-order valence-corrected chi connectivity index (χ4v) is 4.09. The lowest BCUT2D eigenvalue weighted by Gasteiger charge is -2.11. The number of nitrogens with one attached hydrogen (secondary N) is 1. The van der Waals surface area contributed by atoms with E-state index in [9.17, 15) is 4.79 Å². The van der Waals surface area contributed by atoms with Crippen LogP contribution < -0.4 is 11.2 Å². The fourth-order valence-electron chi connectivity index (χ4n) is 2.73. The number of aromatic nitrogens is 3. The lowest BCUT2D eigenvalue weighted by molar-refractivity contribution is -0.113. The number of anilines is 1. The number of hydrogen-bond donors (Lipinski definition) is 2. The molecule has 0 fully saturated rings. The standard InChI is InChI=1S/C20H17N5OS2/c21-25-19(17-11-6-12-27-17)23-24-20(25)28-13-18(26)22-16-10-5-4-9-15(16)14-7-2-1-3-8-14/h1-12H,13,21H2,(H,22,26). The summed E-state index contributed by atoms with van der Waals surface area (Å²) < 4.78 is 1.42. The summed E-state index contributed by atoms with van der Waals surface area (Å²) in [6, 6.07) is 21.5. The summed E-state index contributed by atoms with van der Waals surface area (Å²) >= 11 is 2.79. The Kier molecular flexibility index (Phi) is 5.41. The predicted octanol–water partition coefficient (Wildman–Crippen LogP) is 4.12. The fraction of sp³-hybridized carbons (Fsp3) is 0.0500. The smallest absolute Gasteiger partial charge is 0.234 e. The van der Waals surface area contributed by atoms with Gasteiger partial charge in [-0.05, 0) is 23.1 Å². The molecule has 8 heteroatoms. The van der Waals surface area contributed by atoms with Gasteiger partial charge in [-0.2, -0.15) is 0 Å². The highest BCUT2D eigenvalue weighted by atomic mass is 32.2. The van der Waals surface area contributed by atoms with E-state index in [0.29, 0.717) is 11.0 Å². The lowest BCUT2D eigenvalue weighted by Crippen LogP contribution is -2.16. The van der Waals surface area contributed by atoms with E-state index in [0.717, 1.165) is 21.7 Å². The van der Waals surface area contributed by atoms with Gasteiger partial charge in [0.05, 0.1) is 10.6 Å². The van der Waals surface area contributed by atoms with Crippen molar-refractivity contribution in [2.24, 2.45) is 0 Å². The van der Waals surface area contributed by atoms with Crippen molar-refractivity contribution in [2.45, 2.75) is 5.16 Å². The molecule has 3 N–H and O–H groups in total. The van der Waals surface area contributed by atoms with Crippen LogP contribution in [0.25, 0.3) is 21.8 Å². The van der Waals surface area contributed by atoms with Gasteiger partial charge < -0.3 is 11.2 Å². The molecule has 0 radical (unpaired) electrons. The summed E-state index contributed by atoms with van der Waals surface area (Å²) in [4.78, 5) is 13.4. The number of nitrogens with two attached hydrogens (primary N) is 1. The number of thioether (sulfide) groups is 1. The molecule has 0 saturated heterocycles. The van der Waals surface area contributed by atoms with Crippen molar-refractivity contribution in [3.63, 3.8) is 0 Å². The van der Waals surface area contributed by atoms with Gasteiger partial charge in [0.15, 0.2) is 5.82 Å². The van der Waals surface area contributed by atoms with E-state index in [1.807, 2.05) is 72.1 Å². The molecule has 28 heavy (non-hydrogen) atoms. The normalized spacial score (nSPS) is 10.7. The molecule has 4 rings (SSSR count). The molecule has 0 aliphatic heterocycles. The van der Waals surface area contributed by atoms with Gasteiger partial charge in [-0.1, -0.05) is 66.4 Å². The van der Waals surface area contributed by atoms with E-state index in [-0.39, 0.29) is 11.7 Å². The van der Waals surface area contributed by atoms with Crippen LogP contribution in [0.3, 0.4) is 0 Å². The molecule has 6 nitrogen and oxygen atoms in total. The summed E-state index contributed by atoms with van der Waals surface area (Å²) in [5.41, 5.74) is 2.80. The molecule has 2 aromatic heterocycles. The second-order valence-electron chi connectivity index (χ2n) is 5.90. The van der Waals surface area contributed by atoms with Crippen LogP contribution in [0, 0.1) is 0 Å². The van der Waals surface area contributed by atoms with Crippen LogP contribution in [-0.4, -0.2) is 26.5 Å². The highest BCUT2D eigenvalue weighted by Crippen LogP contribution is 2.28. The molecule has 0 aliphatic carbocycles. The van der Waals surface area contributed by atoms with Crippen molar-refractivity contribution >= 4 is 34.7 Å². The van der Waals surface area contributed by atoms with Gasteiger partial charge in [0.1, 0.15) is 0 Å². The Morgan fingerprint density at radius 2 is 1.82 bits per heavy atom. The van der Waals surface area contributed by atoms with Crippen LogP contribution in [-0.2, 0) is 4.79 Å². The Hall–Kier alpha value is -3.10. The number of carbonyl (C=O) groups is 1. The molecule has 0 unspecified atom stereocenters. The Bertz CT molecular complexity index is 1080. The number of amides is 1. The zero-order chi connectivity index (χ0) is 19.3. The molecule has 0 aliphatic rings. The van der Waals surface area contributed by atoms with E-state index < -0.39 is 0 Å². The summed E-state index contributed by atoms with van der Waals surface area (Å²) in [5, 5.41) is 13.6. The minimum Gasteiger partial charge on any atom is -0.335 e. The van der Waals surface area contributed by atoms with E-state index in [4.69, 9.17) is 5.84 Å². The average molecular weight is 408 g/mol. The van der Waals surface area contributed by atoms with E-state index >= 15 is 0 Å². The molecule has 140 valence electrons. The number of para-hydroxylation sites is 1. The van der Waals surface area contributed by atoms with Gasteiger partial charge in [0, 0.05) is 11.3 Å². The average Bonchev–Trinajstić information content (AvgIpc) is 3.37. The largest absolute Gasteiger partial charge is 0.335 e. The van der Waals surface area contributed by atoms with Crippen molar-refractivity contribution in [3.05, 3.63) is 72.1 Å². The highest BCUT2D eigenvalue weighted by Gasteiger charge is 2.15. The topological polar surface area (TPSA) is 85.8 Å². The third-order valence-electron chi connectivity index (χ3n) is 4.02. The first-order valence-corrected chi connectivity index (χ1v) is 10.4. The van der Waals surface area contributed by atoms with Crippen LogP contribution in [0.15, 0.2) is 77.3 Å². The molecular formula is C20H17N5OS2. The van der Waals surface area contributed by atoms with E-state index in [2.05, 4.69) is 15.5 Å². The number of thiophene rings is 1. The second kappa shape index (κ2) is 8.28. The summed E-state index contributed by atoms with van der Waals surface area (Å²) in [6.45, 7) is 0. The maximum absolute atomic E-state index is 12.5. The quantitative estimate of drug-likeness (QED) is 0.371. The van der Waals surface area contributed by atoms with Crippen LogP contribution in [0.5, 0.6) is 0 Å². The number of rotatable bonds is 6. The molecule has 0 atom stereocenters. The van der Waals surface area contributed by atoms with Crippen LogP contribution >= 0.6 is 23.1 Å². The third-order valence-corrected chi connectivity index (χ3v) is 5.83. The van der Waals surface area contributed by atoms with Crippen LogP contribution in [0.1, 0.15) is 0 Å². The molecule has 1 amide bonds. The Morgan fingerprint density at radius 1 is 1.04 bits per heavy atom. The maximum atomic E-state index is 12.5. The molecule has 2 aromatic carbocycles. The number of nitrogen functional groups attached to an aromatic ring is 1. The summed E-state index contributed by atoms with van der Waals surface area (Å²) in [5.74, 6) is 6.72. The molecule has 0 spiro atoms. The zero-order valence-electron chi connectivity index (χ0n) is 14.8. The number of benzene rings is 2. The van der Waals surface area contributed by atoms with E-state index in [1.165, 1.54) is 27.8 Å². The SMILES string of the molecule is Nn1c(SCC(=O)Nc2ccccc2-c2ccccc2)nnc1-c1cccs1. The van der Waals surface area contributed by atoms with Crippen molar-refractivity contribution in [3.8, 4) is 21.8 Å². The maximum Gasteiger partial charge on any atom is 0.234 e. The number of carbonyl (C=O) groups excluding carboxylic acids is 1. The predicted molar refractivity (Wildman–Crippen MR) is 115 cm³/mol. The number of nitrogens with zero attached hydrogens (tertiary/aromatic N) is 3. The third kappa shape index (κ3) is 3.92. The molecule has 0 bridgehead atoms. The minimum absolute atomic E-state index is 0.131. The first-order chi connectivity index (χ1) is 13.7. The monoisotopic (exact) mass is 407 g/mol.